The number of piperazine rings is 1. The van der Waals surface area contributed by atoms with Gasteiger partial charge in [0.15, 0.2) is 0 Å². The lowest BCUT2D eigenvalue weighted by atomic mass is 10.1. The van der Waals surface area contributed by atoms with Crippen molar-refractivity contribution >= 4 is 6.09 Å². The summed E-state index contributed by atoms with van der Waals surface area (Å²) in [6.07, 6.45) is 2.92. The Kier molecular flexibility index (Phi) is 3.33. The van der Waals surface area contributed by atoms with E-state index in [-0.39, 0.29) is 12.1 Å². The smallest absolute Gasteiger partial charge is 0.407 e. The number of rotatable bonds is 2. The Morgan fingerprint density at radius 3 is 3.06 bits per heavy atom. The van der Waals surface area contributed by atoms with Crippen LogP contribution in [0.2, 0.25) is 0 Å². The molecule has 0 radical (unpaired) electrons. The maximum atomic E-state index is 11.0. The van der Waals surface area contributed by atoms with Crippen molar-refractivity contribution in [3.63, 3.8) is 0 Å². The number of amides is 1. The van der Waals surface area contributed by atoms with Crippen LogP contribution in [0.4, 0.5) is 4.79 Å². The van der Waals surface area contributed by atoms with E-state index in [0.717, 1.165) is 5.56 Å². The Labute approximate surface area is 100 Å². The topological polar surface area (TPSA) is 70.4 Å². The molecule has 94 valence electrons. The third kappa shape index (κ3) is 2.76. The van der Waals surface area contributed by atoms with Crippen LogP contribution < -0.4 is 5.32 Å². The van der Waals surface area contributed by atoms with Crippen LogP contribution >= 0.6 is 0 Å². The monoisotopic (exact) mass is 238 g/mol. The summed E-state index contributed by atoms with van der Waals surface area (Å²) in [7, 11) is 0. The van der Waals surface area contributed by atoms with Gasteiger partial charge in [-0.25, -0.2) is 4.79 Å². The van der Waals surface area contributed by atoms with Crippen LogP contribution in [0.15, 0.2) is 12.4 Å². The van der Waals surface area contributed by atoms with Crippen LogP contribution in [0.3, 0.4) is 0 Å². The Balaban J connectivity index is 1.96. The van der Waals surface area contributed by atoms with Crippen LogP contribution in [0.25, 0.3) is 0 Å². The average molecular weight is 238 g/mol. The molecule has 0 aliphatic carbocycles. The van der Waals surface area contributed by atoms with Crippen molar-refractivity contribution in [3.05, 3.63) is 18.0 Å². The summed E-state index contributed by atoms with van der Waals surface area (Å²) < 4.78 is 1.85. The van der Waals surface area contributed by atoms with E-state index in [4.69, 9.17) is 5.11 Å². The Bertz CT molecular complexity index is 404. The minimum absolute atomic E-state index is 0.0307. The highest BCUT2D eigenvalue weighted by Gasteiger charge is 2.28. The summed E-state index contributed by atoms with van der Waals surface area (Å²) in [5.41, 5.74) is 1.12. The van der Waals surface area contributed by atoms with E-state index >= 15 is 0 Å². The van der Waals surface area contributed by atoms with Gasteiger partial charge in [-0.3, -0.25) is 4.68 Å². The molecule has 6 nitrogen and oxygen atoms in total. The van der Waals surface area contributed by atoms with Crippen LogP contribution in [0.5, 0.6) is 0 Å². The molecule has 0 bridgehead atoms. The van der Waals surface area contributed by atoms with Gasteiger partial charge >= 0.3 is 6.09 Å². The summed E-state index contributed by atoms with van der Waals surface area (Å²) in [5.74, 6) is 0. The molecule has 1 aliphatic heterocycles. The van der Waals surface area contributed by atoms with Crippen molar-refractivity contribution in [2.75, 3.05) is 13.1 Å². The van der Waals surface area contributed by atoms with E-state index in [9.17, 15) is 4.79 Å². The summed E-state index contributed by atoms with van der Waals surface area (Å²) >= 11 is 0. The van der Waals surface area contributed by atoms with Crippen molar-refractivity contribution < 1.29 is 9.90 Å². The third-order valence-electron chi connectivity index (χ3n) is 3.07. The molecule has 1 saturated heterocycles. The van der Waals surface area contributed by atoms with Crippen molar-refractivity contribution in [1.82, 2.24) is 20.0 Å². The van der Waals surface area contributed by atoms with Crippen LogP contribution in [-0.4, -0.2) is 51.1 Å². The minimum atomic E-state index is -0.847. The highest BCUT2D eigenvalue weighted by atomic mass is 16.4. The molecule has 6 heteroatoms. The molecule has 0 unspecified atom stereocenters. The van der Waals surface area contributed by atoms with Gasteiger partial charge in [-0.2, -0.15) is 5.10 Å². The first kappa shape index (κ1) is 11.9. The summed E-state index contributed by atoms with van der Waals surface area (Å²) in [6, 6.07) is 0.157. The maximum Gasteiger partial charge on any atom is 0.407 e. The molecule has 0 aromatic carbocycles. The predicted octanol–water partition coefficient (Wildman–Crippen LogP) is 0.532. The zero-order chi connectivity index (χ0) is 12.4. The number of nitrogens with zero attached hydrogens (tertiary/aromatic N) is 3. The second-order valence-corrected chi connectivity index (χ2v) is 4.63. The first-order chi connectivity index (χ1) is 8.06. The number of aryl methyl sites for hydroxylation is 1. The molecule has 17 heavy (non-hydrogen) atoms. The fourth-order valence-corrected chi connectivity index (χ4v) is 2.11. The molecule has 0 saturated carbocycles. The highest BCUT2D eigenvalue weighted by Crippen LogP contribution is 2.08. The predicted molar refractivity (Wildman–Crippen MR) is 62.9 cm³/mol. The van der Waals surface area contributed by atoms with Crippen molar-refractivity contribution in [2.24, 2.45) is 0 Å². The van der Waals surface area contributed by atoms with Crippen molar-refractivity contribution in [3.8, 4) is 0 Å². The maximum absolute atomic E-state index is 11.0. The van der Waals surface area contributed by atoms with Gasteiger partial charge in [-0.15, -0.1) is 0 Å². The summed E-state index contributed by atoms with van der Waals surface area (Å²) in [5, 5.41) is 16.6. The van der Waals surface area contributed by atoms with Gasteiger partial charge in [0.1, 0.15) is 0 Å². The van der Waals surface area contributed by atoms with Gasteiger partial charge in [0.25, 0.3) is 0 Å². The Hall–Kier alpha value is -1.56. The molecule has 2 heterocycles. The molecule has 1 fully saturated rings. The highest BCUT2D eigenvalue weighted by molar-refractivity contribution is 5.65. The number of hydrogen-bond donors (Lipinski definition) is 2. The summed E-state index contributed by atoms with van der Waals surface area (Å²) in [4.78, 5) is 12.5. The third-order valence-corrected chi connectivity index (χ3v) is 3.07. The van der Waals surface area contributed by atoms with Crippen molar-refractivity contribution in [2.45, 2.75) is 32.5 Å². The second-order valence-electron chi connectivity index (χ2n) is 4.63. The van der Waals surface area contributed by atoms with E-state index < -0.39 is 6.09 Å². The molecular formula is C11H18N4O2. The Morgan fingerprint density at radius 1 is 1.71 bits per heavy atom. The van der Waals surface area contributed by atoms with Gasteiger partial charge in [-0.1, -0.05) is 0 Å². The summed E-state index contributed by atoms with van der Waals surface area (Å²) in [6.45, 7) is 5.80. The van der Waals surface area contributed by atoms with Gasteiger partial charge in [0, 0.05) is 31.4 Å². The van der Waals surface area contributed by atoms with Crippen molar-refractivity contribution in [1.29, 1.82) is 0 Å². The SMILES string of the molecule is Cc1cnn(C[C@H]2CN(C(=O)O)[C@H](C)CN2)c1. The normalized spacial score (nSPS) is 24.9. The molecule has 1 aromatic rings. The zero-order valence-electron chi connectivity index (χ0n) is 10.1. The minimum Gasteiger partial charge on any atom is -0.465 e. The van der Waals surface area contributed by atoms with Gasteiger partial charge in [-0.05, 0) is 19.4 Å². The molecule has 1 amide bonds. The quantitative estimate of drug-likeness (QED) is 0.788. The molecule has 2 atom stereocenters. The van der Waals surface area contributed by atoms with E-state index in [1.165, 1.54) is 4.90 Å². The molecule has 2 rings (SSSR count). The lowest BCUT2D eigenvalue weighted by Crippen LogP contribution is -2.58. The number of hydrogen-bond acceptors (Lipinski definition) is 3. The van der Waals surface area contributed by atoms with Crippen LogP contribution in [0.1, 0.15) is 12.5 Å². The lowest BCUT2D eigenvalue weighted by Gasteiger charge is -2.36. The molecule has 1 aliphatic rings. The fraction of sp³-hybridized carbons (Fsp3) is 0.636. The first-order valence-corrected chi connectivity index (χ1v) is 5.78. The number of carboxylic acid groups (broad SMARTS) is 1. The van der Waals surface area contributed by atoms with Gasteiger partial charge in [0.2, 0.25) is 0 Å². The first-order valence-electron chi connectivity index (χ1n) is 5.78. The van der Waals surface area contributed by atoms with Gasteiger partial charge < -0.3 is 15.3 Å². The van der Waals surface area contributed by atoms with E-state index in [1.807, 2.05) is 24.7 Å². The molecule has 1 aromatic heterocycles. The van der Waals surface area contributed by atoms with Crippen LogP contribution in [0, 0.1) is 6.92 Å². The Morgan fingerprint density at radius 2 is 2.47 bits per heavy atom. The molecular weight excluding hydrogens is 220 g/mol. The average Bonchev–Trinajstić information content (AvgIpc) is 2.66. The number of aromatic nitrogens is 2. The number of nitrogens with one attached hydrogen (secondary N) is 1. The second kappa shape index (κ2) is 4.75. The van der Waals surface area contributed by atoms with Gasteiger partial charge in [0.05, 0.1) is 12.7 Å². The molecule has 2 N–H and O–H groups in total. The zero-order valence-corrected chi connectivity index (χ0v) is 10.1. The van der Waals surface area contributed by atoms with Crippen LogP contribution in [-0.2, 0) is 6.54 Å². The standard InChI is InChI=1S/C11H18N4O2/c1-8-3-13-14(5-8)6-10-7-15(11(16)17)9(2)4-12-10/h3,5,9-10,12H,4,6-7H2,1-2H3,(H,16,17)/t9-,10+/m1/s1. The lowest BCUT2D eigenvalue weighted by molar-refractivity contribution is 0.101. The number of carbonyl (C=O) groups is 1. The van der Waals surface area contributed by atoms with E-state index in [2.05, 4.69) is 10.4 Å². The van der Waals surface area contributed by atoms with E-state index in [1.54, 1.807) is 6.20 Å². The largest absolute Gasteiger partial charge is 0.465 e. The van der Waals surface area contributed by atoms with E-state index in [0.29, 0.717) is 19.6 Å². The fourth-order valence-electron chi connectivity index (χ4n) is 2.11. The molecule has 0 spiro atoms.